The number of carbonyl (C=O) groups is 1. The molecule has 0 aromatic heterocycles. The molecule has 0 radical (unpaired) electrons. The third-order valence-corrected chi connectivity index (χ3v) is 7.94. The topological polar surface area (TPSA) is 90.0 Å². The number of anilines is 3. The second-order valence-corrected chi connectivity index (χ2v) is 10.3. The molecule has 3 aromatic carbocycles. The van der Waals surface area contributed by atoms with Crippen molar-refractivity contribution in [1.29, 1.82) is 0 Å². The van der Waals surface area contributed by atoms with E-state index in [2.05, 4.69) is 41.7 Å². The molecule has 4 rings (SSSR count). The first kappa shape index (κ1) is 23.6. The van der Waals surface area contributed by atoms with E-state index in [0.717, 1.165) is 13.1 Å². The maximum atomic E-state index is 12.8. The molecule has 1 heterocycles. The van der Waals surface area contributed by atoms with E-state index in [1.54, 1.807) is 37.3 Å². The Morgan fingerprint density at radius 3 is 2.09 bits per heavy atom. The minimum atomic E-state index is -3.83. The Hall–Kier alpha value is -3.52. The molecule has 2 N–H and O–H groups in total. The standard InChI is InChI=1S/C26H29N3O4S/c1-18-8-6-9-23(20(18)3)28-13-15-29(16-14-28)24-12-11-21(17-22(24)26(30)31)27-34(32,33)25-10-5-4-7-19(25)2/h4-12,17,27H,13-16H2,1-3H3,(H,30,31). The van der Waals surface area contributed by atoms with Crippen LogP contribution in [0, 0.1) is 20.8 Å². The van der Waals surface area contributed by atoms with Crippen LogP contribution in [0.4, 0.5) is 17.1 Å². The number of benzene rings is 3. The molecule has 0 spiro atoms. The smallest absolute Gasteiger partial charge is 0.337 e. The summed E-state index contributed by atoms with van der Waals surface area (Å²) in [7, 11) is -3.83. The van der Waals surface area contributed by atoms with Crippen LogP contribution >= 0.6 is 0 Å². The summed E-state index contributed by atoms with van der Waals surface area (Å²) in [4.78, 5) is 16.6. The number of carboxylic acids is 1. The molecule has 0 aliphatic carbocycles. The van der Waals surface area contributed by atoms with Gasteiger partial charge in [-0.25, -0.2) is 13.2 Å². The number of nitrogens with zero attached hydrogens (tertiary/aromatic N) is 2. The lowest BCUT2D eigenvalue weighted by atomic mass is 10.1. The van der Waals surface area contributed by atoms with Gasteiger partial charge in [0.05, 0.1) is 16.1 Å². The number of hydrogen-bond acceptors (Lipinski definition) is 5. The van der Waals surface area contributed by atoms with Gasteiger partial charge in [0.1, 0.15) is 0 Å². The predicted molar refractivity (Wildman–Crippen MR) is 136 cm³/mol. The summed E-state index contributed by atoms with van der Waals surface area (Å²) in [5.74, 6) is -1.09. The normalized spacial score (nSPS) is 14.2. The largest absolute Gasteiger partial charge is 0.478 e. The van der Waals surface area contributed by atoms with Crippen LogP contribution in [0.15, 0.2) is 65.6 Å². The Kier molecular flexibility index (Phi) is 6.52. The van der Waals surface area contributed by atoms with Crippen molar-refractivity contribution >= 4 is 33.1 Å². The predicted octanol–water partition coefficient (Wildman–Crippen LogP) is 4.44. The monoisotopic (exact) mass is 479 g/mol. The van der Waals surface area contributed by atoms with E-state index in [1.165, 1.54) is 28.9 Å². The Balaban J connectivity index is 1.54. The van der Waals surface area contributed by atoms with Gasteiger partial charge in [0.25, 0.3) is 10.0 Å². The van der Waals surface area contributed by atoms with Crippen LogP contribution in [0.2, 0.25) is 0 Å². The number of nitrogens with one attached hydrogen (secondary N) is 1. The zero-order chi connectivity index (χ0) is 24.5. The van der Waals surface area contributed by atoms with Crippen LogP contribution in [0.3, 0.4) is 0 Å². The lowest BCUT2D eigenvalue weighted by Crippen LogP contribution is -2.47. The maximum absolute atomic E-state index is 12.8. The third kappa shape index (κ3) is 4.72. The summed E-state index contributed by atoms with van der Waals surface area (Å²) in [5.41, 5.74) is 5.21. The first-order valence-electron chi connectivity index (χ1n) is 11.2. The maximum Gasteiger partial charge on any atom is 0.337 e. The lowest BCUT2D eigenvalue weighted by molar-refractivity contribution is 0.0697. The lowest BCUT2D eigenvalue weighted by Gasteiger charge is -2.38. The zero-order valence-electron chi connectivity index (χ0n) is 19.6. The van der Waals surface area contributed by atoms with Crippen molar-refractivity contribution < 1.29 is 18.3 Å². The van der Waals surface area contributed by atoms with Crippen molar-refractivity contribution in [2.75, 3.05) is 40.7 Å². The molecule has 8 heteroatoms. The molecule has 1 saturated heterocycles. The Morgan fingerprint density at radius 1 is 0.824 bits per heavy atom. The van der Waals surface area contributed by atoms with Crippen LogP contribution in [0.1, 0.15) is 27.0 Å². The van der Waals surface area contributed by atoms with Gasteiger partial charge in [-0.2, -0.15) is 0 Å². The van der Waals surface area contributed by atoms with E-state index in [9.17, 15) is 18.3 Å². The van der Waals surface area contributed by atoms with Gasteiger partial charge in [0, 0.05) is 37.6 Å². The number of sulfonamides is 1. The molecule has 0 unspecified atom stereocenters. The van der Waals surface area contributed by atoms with E-state index in [-0.39, 0.29) is 16.1 Å². The van der Waals surface area contributed by atoms with Gasteiger partial charge >= 0.3 is 5.97 Å². The second-order valence-electron chi connectivity index (χ2n) is 8.60. The van der Waals surface area contributed by atoms with E-state index in [4.69, 9.17) is 0 Å². The average molecular weight is 480 g/mol. The highest BCUT2D eigenvalue weighted by molar-refractivity contribution is 7.92. The molecule has 0 bridgehead atoms. The molecular weight excluding hydrogens is 450 g/mol. The molecule has 34 heavy (non-hydrogen) atoms. The molecule has 1 aliphatic rings. The number of aryl methyl sites for hydroxylation is 2. The van der Waals surface area contributed by atoms with Crippen LogP contribution < -0.4 is 14.5 Å². The first-order chi connectivity index (χ1) is 16.2. The van der Waals surface area contributed by atoms with Gasteiger partial charge in [0.2, 0.25) is 0 Å². The summed E-state index contributed by atoms with van der Waals surface area (Å²) in [6.45, 7) is 8.82. The van der Waals surface area contributed by atoms with Gasteiger partial charge < -0.3 is 14.9 Å². The molecular formula is C26H29N3O4S. The Labute approximate surface area is 200 Å². The number of hydrogen-bond donors (Lipinski definition) is 2. The molecule has 0 amide bonds. The average Bonchev–Trinajstić information content (AvgIpc) is 2.81. The quantitative estimate of drug-likeness (QED) is 0.543. The van der Waals surface area contributed by atoms with E-state index in [0.29, 0.717) is 24.3 Å². The summed E-state index contributed by atoms with van der Waals surface area (Å²) in [5, 5.41) is 9.86. The SMILES string of the molecule is Cc1ccccc1S(=O)(=O)Nc1ccc(N2CCN(c3cccc(C)c3C)CC2)c(C(=O)O)c1. The highest BCUT2D eigenvalue weighted by Gasteiger charge is 2.24. The Bertz CT molecular complexity index is 1330. The highest BCUT2D eigenvalue weighted by Crippen LogP contribution is 2.29. The van der Waals surface area contributed by atoms with Gasteiger partial charge in [-0.05, 0) is 67.8 Å². The fourth-order valence-electron chi connectivity index (χ4n) is 4.38. The van der Waals surface area contributed by atoms with Gasteiger partial charge in [-0.1, -0.05) is 30.3 Å². The minimum Gasteiger partial charge on any atom is -0.478 e. The van der Waals surface area contributed by atoms with Crippen molar-refractivity contribution in [2.45, 2.75) is 25.7 Å². The van der Waals surface area contributed by atoms with Crippen LogP contribution in [-0.2, 0) is 10.0 Å². The molecule has 0 saturated carbocycles. The van der Waals surface area contributed by atoms with Crippen molar-refractivity contribution in [1.82, 2.24) is 0 Å². The molecule has 1 fully saturated rings. The number of aromatic carboxylic acids is 1. The summed E-state index contributed by atoms with van der Waals surface area (Å²) < 4.78 is 28.2. The number of carboxylic acid groups (broad SMARTS) is 1. The van der Waals surface area contributed by atoms with Crippen molar-refractivity contribution in [3.63, 3.8) is 0 Å². The van der Waals surface area contributed by atoms with Crippen molar-refractivity contribution in [3.05, 3.63) is 82.9 Å². The molecule has 1 aliphatic heterocycles. The minimum absolute atomic E-state index is 0.0742. The van der Waals surface area contributed by atoms with E-state index < -0.39 is 16.0 Å². The van der Waals surface area contributed by atoms with Crippen LogP contribution in [0.5, 0.6) is 0 Å². The summed E-state index contributed by atoms with van der Waals surface area (Å²) in [6, 6.07) is 17.7. The fraction of sp³-hybridized carbons (Fsp3) is 0.269. The van der Waals surface area contributed by atoms with Gasteiger partial charge in [0.15, 0.2) is 0 Å². The Morgan fingerprint density at radius 2 is 1.44 bits per heavy atom. The van der Waals surface area contributed by atoms with Gasteiger partial charge in [-0.15, -0.1) is 0 Å². The van der Waals surface area contributed by atoms with Crippen molar-refractivity contribution in [2.24, 2.45) is 0 Å². The van der Waals surface area contributed by atoms with Crippen molar-refractivity contribution in [3.8, 4) is 0 Å². The van der Waals surface area contributed by atoms with E-state index in [1.807, 2.05) is 4.90 Å². The molecule has 7 nitrogen and oxygen atoms in total. The second kappa shape index (κ2) is 9.38. The number of piperazine rings is 1. The third-order valence-electron chi connectivity index (χ3n) is 6.40. The first-order valence-corrected chi connectivity index (χ1v) is 12.7. The van der Waals surface area contributed by atoms with Gasteiger partial charge in [-0.3, -0.25) is 4.72 Å². The molecule has 3 aromatic rings. The van der Waals surface area contributed by atoms with Crippen LogP contribution in [-0.4, -0.2) is 45.7 Å². The van der Waals surface area contributed by atoms with Crippen LogP contribution in [0.25, 0.3) is 0 Å². The summed E-state index contributed by atoms with van der Waals surface area (Å²) >= 11 is 0. The summed E-state index contributed by atoms with van der Waals surface area (Å²) in [6.07, 6.45) is 0. The number of rotatable bonds is 6. The zero-order valence-corrected chi connectivity index (χ0v) is 20.4. The fourth-order valence-corrected chi connectivity index (χ4v) is 5.68. The molecule has 0 atom stereocenters. The highest BCUT2D eigenvalue weighted by atomic mass is 32.2. The van der Waals surface area contributed by atoms with E-state index >= 15 is 0 Å². The molecule has 178 valence electrons.